The first-order chi connectivity index (χ1) is 11.6. The lowest BCUT2D eigenvalue weighted by Crippen LogP contribution is -2.49. The van der Waals surface area contributed by atoms with Crippen molar-refractivity contribution in [1.82, 2.24) is 15.1 Å². The molecule has 0 spiro atoms. The van der Waals surface area contributed by atoms with E-state index in [4.69, 9.17) is 4.74 Å². The predicted molar refractivity (Wildman–Crippen MR) is 86.8 cm³/mol. The van der Waals surface area contributed by atoms with Gasteiger partial charge in [-0.1, -0.05) is 12.1 Å². The number of carbonyl (C=O) groups is 3. The van der Waals surface area contributed by atoms with Crippen molar-refractivity contribution in [2.24, 2.45) is 0 Å². The molecule has 2 saturated heterocycles. The molecule has 2 aliphatic heterocycles. The van der Waals surface area contributed by atoms with Crippen molar-refractivity contribution in [3.63, 3.8) is 0 Å². The van der Waals surface area contributed by atoms with E-state index in [0.29, 0.717) is 43.9 Å². The first-order valence-corrected chi connectivity index (χ1v) is 8.22. The van der Waals surface area contributed by atoms with Gasteiger partial charge in [-0.3, -0.25) is 14.5 Å². The smallest absolute Gasteiger partial charge is 0.324 e. The molecule has 0 saturated carbocycles. The molecule has 24 heavy (non-hydrogen) atoms. The standard InChI is InChI=1S/C17H21N3O4/c1-2-24-14-6-4-3-5-13(14)16(22)19-9-7-12(8-10-19)20-15(21)11-18-17(20)23/h3-6,12H,2,7-11H2,1H3,(H,18,23). The fourth-order valence-electron chi connectivity index (χ4n) is 3.23. The molecule has 0 aliphatic carbocycles. The number of rotatable bonds is 4. The Morgan fingerprint density at radius 3 is 2.58 bits per heavy atom. The quantitative estimate of drug-likeness (QED) is 0.842. The first-order valence-electron chi connectivity index (χ1n) is 8.22. The Balaban J connectivity index is 1.65. The number of benzene rings is 1. The highest BCUT2D eigenvalue weighted by molar-refractivity contribution is 6.02. The molecule has 2 aliphatic rings. The van der Waals surface area contributed by atoms with Crippen LogP contribution in [0.1, 0.15) is 30.1 Å². The fourth-order valence-corrected chi connectivity index (χ4v) is 3.23. The summed E-state index contributed by atoms with van der Waals surface area (Å²) in [6.07, 6.45) is 1.20. The number of amides is 4. The molecule has 0 aromatic heterocycles. The van der Waals surface area contributed by atoms with Gasteiger partial charge in [-0.25, -0.2) is 4.79 Å². The summed E-state index contributed by atoms with van der Waals surface area (Å²) in [6, 6.07) is 6.74. The van der Waals surface area contributed by atoms with Crippen molar-refractivity contribution >= 4 is 17.8 Å². The molecule has 0 bridgehead atoms. The fraction of sp³-hybridized carbons (Fsp3) is 0.471. The van der Waals surface area contributed by atoms with E-state index in [0.717, 1.165) is 0 Å². The predicted octanol–water partition coefficient (Wildman–Crippen LogP) is 1.24. The van der Waals surface area contributed by atoms with E-state index in [1.54, 1.807) is 17.0 Å². The Kier molecular flexibility index (Phi) is 4.69. The molecule has 0 radical (unpaired) electrons. The van der Waals surface area contributed by atoms with Gasteiger partial charge in [0, 0.05) is 19.1 Å². The summed E-state index contributed by atoms with van der Waals surface area (Å²) in [4.78, 5) is 39.3. The lowest BCUT2D eigenvalue weighted by Gasteiger charge is -2.35. The van der Waals surface area contributed by atoms with Crippen LogP contribution in [0.4, 0.5) is 4.79 Å². The number of hydrogen-bond donors (Lipinski definition) is 1. The Morgan fingerprint density at radius 2 is 1.96 bits per heavy atom. The van der Waals surface area contributed by atoms with Crippen LogP contribution in [0.25, 0.3) is 0 Å². The van der Waals surface area contributed by atoms with E-state index in [-0.39, 0.29) is 30.4 Å². The first kappa shape index (κ1) is 16.3. The Bertz CT molecular complexity index is 637. The van der Waals surface area contributed by atoms with Crippen LogP contribution in [0.15, 0.2) is 24.3 Å². The zero-order chi connectivity index (χ0) is 17.1. The van der Waals surface area contributed by atoms with Crippen molar-refractivity contribution in [3.8, 4) is 5.75 Å². The van der Waals surface area contributed by atoms with Gasteiger partial charge in [-0.15, -0.1) is 0 Å². The van der Waals surface area contributed by atoms with E-state index in [9.17, 15) is 14.4 Å². The number of para-hydroxylation sites is 1. The minimum atomic E-state index is -0.327. The topological polar surface area (TPSA) is 79.0 Å². The molecule has 1 N–H and O–H groups in total. The number of urea groups is 1. The lowest BCUT2D eigenvalue weighted by atomic mass is 10.0. The summed E-state index contributed by atoms with van der Waals surface area (Å²) in [6.45, 7) is 3.48. The average Bonchev–Trinajstić information content (AvgIpc) is 2.94. The van der Waals surface area contributed by atoms with E-state index in [1.807, 2.05) is 19.1 Å². The number of hydrogen-bond acceptors (Lipinski definition) is 4. The van der Waals surface area contributed by atoms with Gasteiger partial charge in [0.2, 0.25) is 5.91 Å². The third-order valence-electron chi connectivity index (χ3n) is 4.41. The second kappa shape index (κ2) is 6.90. The molecule has 7 nitrogen and oxygen atoms in total. The number of nitrogens with zero attached hydrogens (tertiary/aromatic N) is 2. The Labute approximate surface area is 140 Å². The molecule has 2 fully saturated rings. The van der Waals surface area contributed by atoms with Gasteiger partial charge in [-0.05, 0) is 31.9 Å². The maximum atomic E-state index is 12.7. The number of carbonyl (C=O) groups excluding carboxylic acids is 3. The summed E-state index contributed by atoms with van der Waals surface area (Å²) in [7, 11) is 0. The summed E-state index contributed by atoms with van der Waals surface area (Å²) >= 11 is 0. The van der Waals surface area contributed by atoms with Crippen molar-refractivity contribution in [2.75, 3.05) is 26.2 Å². The maximum Gasteiger partial charge on any atom is 0.324 e. The third kappa shape index (κ3) is 3.06. The molecule has 4 amide bonds. The molecule has 1 aromatic carbocycles. The molecule has 0 atom stereocenters. The third-order valence-corrected chi connectivity index (χ3v) is 4.41. The molecular formula is C17H21N3O4. The van der Waals surface area contributed by atoms with Crippen LogP contribution in [0.5, 0.6) is 5.75 Å². The molecule has 2 heterocycles. The van der Waals surface area contributed by atoms with Crippen molar-refractivity contribution in [1.29, 1.82) is 0 Å². The molecule has 0 unspecified atom stereocenters. The van der Waals surface area contributed by atoms with E-state index in [1.165, 1.54) is 4.90 Å². The average molecular weight is 331 g/mol. The minimum Gasteiger partial charge on any atom is -0.493 e. The number of nitrogens with one attached hydrogen (secondary N) is 1. The minimum absolute atomic E-state index is 0.0692. The van der Waals surface area contributed by atoms with Crippen LogP contribution in [0.3, 0.4) is 0 Å². The second-order valence-electron chi connectivity index (χ2n) is 5.87. The highest BCUT2D eigenvalue weighted by atomic mass is 16.5. The zero-order valence-corrected chi connectivity index (χ0v) is 13.7. The Morgan fingerprint density at radius 1 is 1.25 bits per heavy atom. The van der Waals surface area contributed by atoms with Crippen LogP contribution in [0.2, 0.25) is 0 Å². The van der Waals surface area contributed by atoms with Gasteiger partial charge in [0.05, 0.1) is 18.7 Å². The van der Waals surface area contributed by atoms with Crippen molar-refractivity contribution in [3.05, 3.63) is 29.8 Å². The van der Waals surface area contributed by atoms with Crippen molar-refractivity contribution < 1.29 is 19.1 Å². The van der Waals surface area contributed by atoms with E-state index >= 15 is 0 Å². The summed E-state index contributed by atoms with van der Waals surface area (Å²) in [5.41, 5.74) is 0.549. The number of imide groups is 1. The lowest BCUT2D eigenvalue weighted by molar-refractivity contribution is -0.127. The van der Waals surface area contributed by atoms with Crippen molar-refractivity contribution in [2.45, 2.75) is 25.8 Å². The van der Waals surface area contributed by atoms with E-state index < -0.39 is 0 Å². The zero-order valence-electron chi connectivity index (χ0n) is 13.7. The molecule has 7 heteroatoms. The van der Waals surface area contributed by atoms with Gasteiger partial charge in [-0.2, -0.15) is 0 Å². The van der Waals surface area contributed by atoms with Crippen LogP contribution in [-0.2, 0) is 4.79 Å². The normalized spacial score (nSPS) is 18.7. The summed E-state index contributed by atoms with van der Waals surface area (Å²) in [5, 5.41) is 2.54. The molecule has 3 rings (SSSR count). The second-order valence-corrected chi connectivity index (χ2v) is 5.87. The summed E-state index contributed by atoms with van der Waals surface area (Å²) in [5.74, 6) is 0.322. The number of ether oxygens (including phenoxy) is 1. The van der Waals surface area contributed by atoms with Crippen LogP contribution in [0, 0.1) is 0 Å². The number of likely N-dealkylation sites (tertiary alicyclic amines) is 1. The van der Waals surface area contributed by atoms with Crippen LogP contribution in [-0.4, -0.2) is 59.9 Å². The van der Waals surface area contributed by atoms with Gasteiger partial charge in [0.15, 0.2) is 0 Å². The summed E-state index contributed by atoms with van der Waals surface area (Å²) < 4.78 is 5.53. The van der Waals surface area contributed by atoms with E-state index in [2.05, 4.69) is 5.32 Å². The van der Waals surface area contributed by atoms with Gasteiger partial charge >= 0.3 is 6.03 Å². The van der Waals surface area contributed by atoms with Gasteiger partial charge in [0.1, 0.15) is 5.75 Å². The largest absolute Gasteiger partial charge is 0.493 e. The Hall–Kier alpha value is -2.57. The SMILES string of the molecule is CCOc1ccccc1C(=O)N1CCC(N2C(=O)CNC2=O)CC1. The molecule has 128 valence electrons. The van der Waals surface area contributed by atoms with Crippen LogP contribution >= 0.6 is 0 Å². The monoisotopic (exact) mass is 331 g/mol. The maximum absolute atomic E-state index is 12.7. The van der Waals surface area contributed by atoms with Gasteiger partial charge in [0.25, 0.3) is 5.91 Å². The van der Waals surface area contributed by atoms with Gasteiger partial charge < -0.3 is 15.0 Å². The molecule has 1 aromatic rings. The highest BCUT2D eigenvalue weighted by Crippen LogP contribution is 2.24. The highest BCUT2D eigenvalue weighted by Gasteiger charge is 2.37. The molecular weight excluding hydrogens is 310 g/mol. The van der Waals surface area contributed by atoms with Crippen LogP contribution < -0.4 is 10.1 Å². The number of piperidine rings is 1.